The minimum atomic E-state index is 0.738. The molecule has 0 aromatic carbocycles. The molecule has 17 heavy (non-hydrogen) atoms. The lowest BCUT2D eigenvalue weighted by Crippen LogP contribution is -2.35. The average Bonchev–Trinajstić information content (AvgIpc) is 2.71. The number of anilines is 1. The van der Waals surface area contributed by atoms with E-state index in [0.29, 0.717) is 0 Å². The van der Waals surface area contributed by atoms with Gasteiger partial charge in [0.2, 0.25) is 0 Å². The molecule has 2 aromatic rings. The highest BCUT2D eigenvalue weighted by Crippen LogP contribution is 2.26. The van der Waals surface area contributed by atoms with Crippen molar-refractivity contribution in [2.24, 2.45) is 13.0 Å². The molecule has 0 amide bonds. The van der Waals surface area contributed by atoms with E-state index in [1.165, 1.54) is 12.8 Å². The number of nitrogens with zero attached hydrogens (tertiary/aromatic N) is 5. The predicted molar refractivity (Wildman–Crippen MR) is 66.9 cm³/mol. The smallest absolute Gasteiger partial charge is 0.182 e. The first kappa shape index (κ1) is 10.5. The minimum absolute atomic E-state index is 0.738. The highest BCUT2D eigenvalue weighted by molar-refractivity contribution is 5.83. The van der Waals surface area contributed by atoms with Crippen molar-refractivity contribution in [1.82, 2.24) is 19.5 Å². The van der Waals surface area contributed by atoms with Crippen molar-refractivity contribution in [2.75, 3.05) is 18.0 Å². The second-order valence-corrected chi connectivity index (χ2v) is 4.92. The highest BCUT2D eigenvalue weighted by Gasteiger charge is 2.21. The van der Waals surface area contributed by atoms with Crippen molar-refractivity contribution < 1.29 is 0 Å². The van der Waals surface area contributed by atoms with Crippen LogP contribution in [0, 0.1) is 5.92 Å². The first-order chi connectivity index (χ1) is 8.25. The molecule has 1 aliphatic rings. The molecule has 3 rings (SSSR count). The Bertz CT molecular complexity index is 533. The summed E-state index contributed by atoms with van der Waals surface area (Å²) in [7, 11) is 2.00. The van der Waals surface area contributed by atoms with Gasteiger partial charge in [-0.15, -0.1) is 0 Å². The fraction of sp³-hybridized carbons (Fsp3) is 0.583. The molecule has 1 atom stereocenters. The number of aromatic nitrogens is 4. The van der Waals surface area contributed by atoms with Gasteiger partial charge in [-0.05, 0) is 18.8 Å². The van der Waals surface area contributed by atoms with Gasteiger partial charge in [0.15, 0.2) is 11.5 Å². The van der Waals surface area contributed by atoms with E-state index >= 15 is 0 Å². The van der Waals surface area contributed by atoms with Crippen LogP contribution in [0.25, 0.3) is 11.2 Å². The highest BCUT2D eigenvalue weighted by atomic mass is 15.2. The molecule has 0 radical (unpaired) electrons. The fourth-order valence-corrected chi connectivity index (χ4v) is 2.58. The molecular formula is C12H17N5. The maximum atomic E-state index is 4.45. The third-order valence-corrected chi connectivity index (χ3v) is 3.45. The van der Waals surface area contributed by atoms with Crippen LogP contribution in [-0.2, 0) is 7.05 Å². The van der Waals surface area contributed by atoms with Gasteiger partial charge in [0.1, 0.15) is 11.8 Å². The van der Waals surface area contributed by atoms with E-state index in [-0.39, 0.29) is 0 Å². The lowest BCUT2D eigenvalue weighted by Gasteiger charge is -2.32. The normalized spacial score (nSPS) is 21.1. The van der Waals surface area contributed by atoms with Crippen molar-refractivity contribution in [1.29, 1.82) is 0 Å². The molecule has 0 N–H and O–H groups in total. The standard InChI is InChI=1S/C12H17N5/c1-9-4-3-5-17(6-9)12-10-11(13-7-14-12)15-8-16(10)2/h7-9H,3-6H2,1-2H3. The molecule has 0 bridgehead atoms. The molecule has 5 heteroatoms. The summed E-state index contributed by atoms with van der Waals surface area (Å²) in [5, 5.41) is 0. The van der Waals surface area contributed by atoms with E-state index in [0.717, 1.165) is 36.0 Å². The summed E-state index contributed by atoms with van der Waals surface area (Å²) in [6, 6.07) is 0. The van der Waals surface area contributed by atoms with E-state index in [2.05, 4.69) is 26.8 Å². The molecule has 1 unspecified atom stereocenters. The number of imidazole rings is 1. The maximum Gasteiger partial charge on any atom is 0.182 e. The van der Waals surface area contributed by atoms with Crippen molar-refractivity contribution in [3.05, 3.63) is 12.7 Å². The largest absolute Gasteiger partial charge is 0.354 e. The summed E-state index contributed by atoms with van der Waals surface area (Å²) in [6.45, 7) is 4.46. The number of piperidine rings is 1. The quantitative estimate of drug-likeness (QED) is 0.748. The Morgan fingerprint density at radius 3 is 3.00 bits per heavy atom. The Balaban J connectivity index is 2.07. The molecule has 1 aliphatic heterocycles. The Hall–Kier alpha value is -1.65. The number of aryl methyl sites for hydroxylation is 1. The van der Waals surface area contributed by atoms with Crippen molar-refractivity contribution in [3.8, 4) is 0 Å². The van der Waals surface area contributed by atoms with E-state index in [4.69, 9.17) is 0 Å². The van der Waals surface area contributed by atoms with Crippen LogP contribution < -0.4 is 4.90 Å². The van der Waals surface area contributed by atoms with E-state index in [9.17, 15) is 0 Å². The monoisotopic (exact) mass is 231 g/mol. The van der Waals surface area contributed by atoms with Crippen LogP contribution in [0.4, 0.5) is 5.82 Å². The first-order valence-electron chi connectivity index (χ1n) is 6.12. The summed E-state index contributed by atoms with van der Waals surface area (Å²) in [6.07, 6.45) is 5.97. The number of hydrogen-bond acceptors (Lipinski definition) is 4. The van der Waals surface area contributed by atoms with Gasteiger partial charge in [-0.1, -0.05) is 6.92 Å². The molecule has 0 aliphatic carbocycles. The summed E-state index contributed by atoms with van der Waals surface area (Å²) in [5.74, 6) is 1.77. The van der Waals surface area contributed by atoms with Crippen molar-refractivity contribution in [2.45, 2.75) is 19.8 Å². The molecular weight excluding hydrogens is 214 g/mol. The molecule has 5 nitrogen and oxygen atoms in total. The van der Waals surface area contributed by atoms with Crippen LogP contribution in [0.5, 0.6) is 0 Å². The second kappa shape index (κ2) is 3.98. The summed E-state index contributed by atoms with van der Waals surface area (Å²) in [5.41, 5.74) is 1.83. The van der Waals surface area contributed by atoms with Gasteiger partial charge in [0.25, 0.3) is 0 Å². The number of rotatable bonds is 1. The summed E-state index contributed by atoms with van der Waals surface area (Å²) in [4.78, 5) is 15.3. The minimum Gasteiger partial charge on any atom is -0.354 e. The van der Waals surface area contributed by atoms with Gasteiger partial charge in [-0.25, -0.2) is 15.0 Å². The summed E-state index contributed by atoms with van der Waals surface area (Å²) < 4.78 is 2.00. The van der Waals surface area contributed by atoms with Crippen LogP contribution in [0.3, 0.4) is 0 Å². The third kappa shape index (κ3) is 1.75. The second-order valence-electron chi connectivity index (χ2n) is 4.92. The van der Waals surface area contributed by atoms with Crippen molar-refractivity contribution >= 4 is 17.0 Å². The Labute approximate surface area is 100 Å². The SMILES string of the molecule is CC1CCCN(c2ncnc3ncn(C)c23)C1. The topological polar surface area (TPSA) is 46.8 Å². The molecule has 0 spiro atoms. The Morgan fingerprint density at radius 1 is 1.29 bits per heavy atom. The lowest BCUT2D eigenvalue weighted by molar-refractivity contribution is 0.445. The zero-order valence-electron chi connectivity index (χ0n) is 10.3. The number of fused-ring (bicyclic) bond motifs is 1. The first-order valence-corrected chi connectivity index (χ1v) is 6.12. The van der Waals surface area contributed by atoms with Crippen molar-refractivity contribution in [3.63, 3.8) is 0 Å². The van der Waals surface area contributed by atoms with Gasteiger partial charge in [-0.2, -0.15) is 0 Å². The Kier molecular flexibility index (Phi) is 2.46. The van der Waals surface area contributed by atoms with Gasteiger partial charge in [-0.3, -0.25) is 0 Å². The zero-order chi connectivity index (χ0) is 11.8. The molecule has 0 saturated carbocycles. The van der Waals surface area contributed by atoms with Gasteiger partial charge in [0, 0.05) is 20.1 Å². The van der Waals surface area contributed by atoms with E-state index in [1.807, 2.05) is 11.6 Å². The third-order valence-electron chi connectivity index (χ3n) is 3.45. The molecule has 1 saturated heterocycles. The lowest BCUT2D eigenvalue weighted by atomic mass is 10.0. The van der Waals surface area contributed by atoms with Crippen LogP contribution in [0.1, 0.15) is 19.8 Å². The van der Waals surface area contributed by atoms with Crippen LogP contribution >= 0.6 is 0 Å². The van der Waals surface area contributed by atoms with E-state index < -0.39 is 0 Å². The van der Waals surface area contributed by atoms with Gasteiger partial charge >= 0.3 is 0 Å². The molecule has 90 valence electrons. The van der Waals surface area contributed by atoms with Gasteiger partial charge < -0.3 is 9.47 Å². The fourth-order valence-electron chi connectivity index (χ4n) is 2.58. The van der Waals surface area contributed by atoms with Gasteiger partial charge in [0.05, 0.1) is 6.33 Å². The van der Waals surface area contributed by atoms with Crippen LogP contribution in [0.15, 0.2) is 12.7 Å². The van der Waals surface area contributed by atoms with E-state index in [1.54, 1.807) is 12.7 Å². The average molecular weight is 231 g/mol. The maximum absolute atomic E-state index is 4.45. The molecule has 2 aromatic heterocycles. The number of hydrogen-bond donors (Lipinski definition) is 0. The zero-order valence-corrected chi connectivity index (χ0v) is 10.3. The molecule has 1 fully saturated rings. The molecule has 3 heterocycles. The predicted octanol–water partition coefficient (Wildman–Crippen LogP) is 1.60. The summed E-state index contributed by atoms with van der Waals surface area (Å²) >= 11 is 0. The van der Waals surface area contributed by atoms with Crippen LogP contribution in [-0.4, -0.2) is 32.6 Å². The van der Waals surface area contributed by atoms with Crippen LogP contribution in [0.2, 0.25) is 0 Å². The Morgan fingerprint density at radius 2 is 2.18 bits per heavy atom.